The van der Waals surface area contributed by atoms with Gasteiger partial charge in [-0.1, -0.05) is 43.3 Å². The first kappa shape index (κ1) is 19.3. The number of benzene rings is 2. The van der Waals surface area contributed by atoms with E-state index in [4.69, 9.17) is 0 Å². The first-order valence-corrected chi connectivity index (χ1v) is 9.24. The second kappa shape index (κ2) is 8.94. The minimum absolute atomic E-state index is 0.116. The molecule has 0 aliphatic carbocycles. The van der Waals surface area contributed by atoms with Crippen molar-refractivity contribution in [2.75, 3.05) is 13.1 Å². The topological polar surface area (TPSA) is 93.1 Å². The van der Waals surface area contributed by atoms with Crippen LogP contribution >= 0.6 is 0 Å². The Bertz CT molecular complexity index is 1040. The van der Waals surface area contributed by atoms with Crippen LogP contribution in [0.15, 0.2) is 59.4 Å². The Morgan fingerprint density at radius 2 is 1.61 bits per heavy atom. The average Bonchev–Trinajstić information content (AvgIpc) is 2.73. The van der Waals surface area contributed by atoms with E-state index in [1.54, 1.807) is 48.5 Å². The summed E-state index contributed by atoms with van der Waals surface area (Å²) in [6.45, 7) is 2.77. The zero-order valence-electron chi connectivity index (χ0n) is 15.6. The quantitative estimate of drug-likeness (QED) is 0.658. The Morgan fingerprint density at radius 3 is 2.32 bits per heavy atom. The van der Waals surface area contributed by atoms with Gasteiger partial charge in [-0.3, -0.25) is 14.4 Å². The number of para-hydroxylation sites is 1. The molecular weight excluding hydrogens is 356 g/mol. The molecule has 2 aromatic carbocycles. The summed E-state index contributed by atoms with van der Waals surface area (Å²) in [6, 6.07) is 15.8. The maximum atomic E-state index is 12.8. The summed E-state index contributed by atoms with van der Waals surface area (Å²) >= 11 is 0. The van der Waals surface area contributed by atoms with Gasteiger partial charge in [-0.15, -0.1) is 0 Å². The van der Waals surface area contributed by atoms with E-state index >= 15 is 0 Å². The lowest BCUT2D eigenvalue weighted by Gasteiger charge is -2.11. The molecule has 0 saturated heterocycles. The third-order valence-corrected chi connectivity index (χ3v) is 4.23. The Morgan fingerprint density at radius 1 is 0.929 bits per heavy atom. The lowest BCUT2D eigenvalue weighted by atomic mass is 10.1. The number of hydrogen-bond donors (Lipinski definition) is 2. The van der Waals surface area contributed by atoms with Gasteiger partial charge in [0, 0.05) is 24.9 Å². The monoisotopic (exact) mass is 378 g/mol. The molecule has 7 heteroatoms. The van der Waals surface area contributed by atoms with Crippen LogP contribution in [0.25, 0.3) is 16.5 Å². The van der Waals surface area contributed by atoms with Gasteiger partial charge in [0.1, 0.15) is 0 Å². The van der Waals surface area contributed by atoms with Crippen molar-refractivity contribution in [2.45, 2.75) is 19.8 Å². The summed E-state index contributed by atoms with van der Waals surface area (Å²) in [5.74, 6) is -0.543. The number of rotatable bonds is 7. The van der Waals surface area contributed by atoms with Crippen LogP contribution in [0.2, 0.25) is 0 Å². The fourth-order valence-corrected chi connectivity index (χ4v) is 2.83. The predicted octanol–water partition coefficient (Wildman–Crippen LogP) is 2.03. The van der Waals surface area contributed by atoms with Crippen molar-refractivity contribution in [2.24, 2.45) is 0 Å². The zero-order chi connectivity index (χ0) is 19.9. The minimum Gasteiger partial charge on any atom is -0.356 e. The SMILES string of the molecule is CCCNC(=O)CCNC(=O)c1nn(-c2ccccc2)c(=O)c2ccccc12. The third kappa shape index (κ3) is 4.25. The molecule has 2 amide bonds. The summed E-state index contributed by atoms with van der Waals surface area (Å²) in [6.07, 6.45) is 1.04. The molecule has 0 atom stereocenters. The standard InChI is InChI=1S/C21H22N4O3/c1-2-13-22-18(26)12-14-23-20(27)19-16-10-6-7-11-17(16)21(28)25(24-19)15-8-4-3-5-9-15/h3-11H,2,12-14H2,1H3,(H,22,26)(H,23,27). The highest BCUT2D eigenvalue weighted by molar-refractivity contribution is 6.04. The number of nitrogens with zero attached hydrogens (tertiary/aromatic N) is 2. The zero-order valence-corrected chi connectivity index (χ0v) is 15.6. The minimum atomic E-state index is -0.427. The first-order valence-electron chi connectivity index (χ1n) is 9.24. The van der Waals surface area contributed by atoms with Crippen molar-refractivity contribution >= 4 is 22.6 Å². The molecule has 0 aliphatic heterocycles. The van der Waals surface area contributed by atoms with Crippen LogP contribution in [0.5, 0.6) is 0 Å². The van der Waals surface area contributed by atoms with Gasteiger partial charge in [-0.2, -0.15) is 9.78 Å². The molecule has 2 N–H and O–H groups in total. The molecule has 28 heavy (non-hydrogen) atoms. The summed E-state index contributed by atoms with van der Waals surface area (Å²) in [5, 5.41) is 10.7. The van der Waals surface area contributed by atoms with Gasteiger partial charge in [-0.25, -0.2) is 0 Å². The molecule has 7 nitrogen and oxygen atoms in total. The molecule has 0 bridgehead atoms. The molecule has 144 valence electrons. The van der Waals surface area contributed by atoms with Gasteiger partial charge in [0.2, 0.25) is 5.91 Å². The van der Waals surface area contributed by atoms with Crippen LogP contribution in [0.3, 0.4) is 0 Å². The van der Waals surface area contributed by atoms with Gasteiger partial charge in [-0.05, 0) is 24.6 Å². The number of fused-ring (bicyclic) bond motifs is 1. The normalized spacial score (nSPS) is 10.6. The van der Waals surface area contributed by atoms with Crippen molar-refractivity contribution in [3.8, 4) is 5.69 Å². The maximum absolute atomic E-state index is 12.8. The van der Waals surface area contributed by atoms with E-state index in [-0.39, 0.29) is 30.1 Å². The smallest absolute Gasteiger partial charge is 0.279 e. The number of carbonyl (C=O) groups excluding carboxylic acids is 2. The maximum Gasteiger partial charge on any atom is 0.279 e. The fourth-order valence-electron chi connectivity index (χ4n) is 2.83. The number of aromatic nitrogens is 2. The molecule has 1 heterocycles. The van der Waals surface area contributed by atoms with Crippen LogP contribution in [0, 0.1) is 0 Å². The fraction of sp³-hybridized carbons (Fsp3) is 0.238. The van der Waals surface area contributed by atoms with Crippen molar-refractivity contribution in [3.05, 3.63) is 70.6 Å². The molecule has 3 aromatic rings. The van der Waals surface area contributed by atoms with E-state index in [0.29, 0.717) is 23.0 Å². The highest BCUT2D eigenvalue weighted by atomic mass is 16.2. The molecule has 0 fully saturated rings. The second-order valence-electron chi connectivity index (χ2n) is 6.30. The Balaban J connectivity index is 1.90. The molecule has 0 radical (unpaired) electrons. The molecular formula is C21H22N4O3. The molecule has 1 aromatic heterocycles. The largest absolute Gasteiger partial charge is 0.356 e. The number of hydrogen-bond acceptors (Lipinski definition) is 4. The van der Waals surface area contributed by atoms with Crippen LogP contribution in [0.4, 0.5) is 0 Å². The van der Waals surface area contributed by atoms with Crippen molar-refractivity contribution in [1.29, 1.82) is 0 Å². The highest BCUT2D eigenvalue weighted by Crippen LogP contribution is 2.15. The number of amides is 2. The molecule has 3 rings (SSSR count). The van der Waals surface area contributed by atoms with Gasteiger partial charge in [0.05, 0.1) is 11.1 Å². The van der Waals surface area contributed by atoms with Crippen LogP contribution in [-0.4, -0.2) is 34.7 Å². The average molecular weight is 378 g/mol. The van der Waals surface area contributed by atoms with E-state index in [9.17, 15) is 14.4 Å². The summed E-state index contributed by atoms with van der Waals surface area (Å²) < 4.78 is 1.23. The highest BCUT2D eigenvalue weighted by Gasteiger charge is 2.17. The summed E-state index contributed by atoms with van der Waals surface area (Å²) in [5.41, 5.74) is 0.427. The second-order valence-corrected chi connectivity index (χ2v) is 6.30. The first-order chi connectivity index (χ1) is 13.6. The molecule has 0 spiro atoms. The van der Waals surface area contributed by atoms with Crippen LogP contribution in [0.1, 0.15) is 30.3 Å². The lowest BCUT2D eigenvalue weighted by Crippen LogP contribution is -2.33. The predicted molar refractivity (Wildman–Crippen MR) is 108 cm³/mol. The van der Waals surface area contributed by atoms with Gasteiger partial charge in [0.25, 0.3) is 11.5 Å². The molecule has 0 unspecified atom stereocenters. The molecule has 0 aliphatic rings. The van der Waals surface area contributed by atoms with Crippen molar-refractivity contribution in [1.82, 2.24) is 20.4 Å². The van der Waals surface area contributed by atoms with Gasteiger partial charge in [0.15, 0.2) is 5.69 Å². The van der Waals surface area contributed by atoms with Crippen molar-refractivity contribution in [3.63, 3.8) is 0 Å². The number of carbonyl (C=O) groups is 2. The molecule has 0 saturated carbocycles. The lowest BCUT2D eigenvalue weighted by molar-refractivity contribution is -0.120. The van der Waals surface area contributed by atoms with E-state index in [2.05, 4.69) is 15.7 Å². The Hall–Kier alpha value is -3.48. The van der Waals surface area contributed by atoms with Crippen molar-refractivity contribution < 1.29 is 9.59 Å². The van der Waals surface area contributed by atoms with E-state index < -0.39 is 5.91 Å². The summed E-state index contributed by atoms with van der Waals surface area (Å²) in [4.78, 5) is 37.2. The summed E-state index contributed by atoms with van der Waals surface area (Å²) in [7, 11) is 0. The van der Waals surface area contributed by atoms with Crippen LogP contribution in [-0.2, 0) is 4.79 Å². The Labute approximate surface area is 162 Å². The van der Waals surface area contributed by atoms with Gasteiger partial charge >= 0.3 is 0 Å². The van der Waals surface area contributed by atoms with Crippen LogP contribution < -0.4 is 16.2 Å². The van der Waals surface area contributed by atoms with E-state index in [0.717, 1.165) is 6.42 Å². The Kier molecular flexibility index (Phi) is 6.16. The van der Waals surface area contributed by atoms with E-state index in [1.165, 1.54) is 4.68 Å². The third-order valence-electron chi connectivity index (χ3n) is 4.23. The van der Waals surface area contributed by atoms with Gasteiger partial charge < -0.3 is 10.6 Å². The number of nitrogens with one attached hydrogen (secondary N) is 2. The van der Waals surface area contributed by atoms with E-state index in [1.807, 2.05) is 13.0 Å².